The Morgan fingerprint density at radius 2 is 2.30 bits per heavy atom. The molecule has 2 heterocycles. The number of carbonyl (C=O) groups is 1. The van der Waals surface area contributed by atoms with Gasteiger partial charge in [-0.3, -0.25) is 4.79 Å². The number of nitrogen functional groups attached to an aromatic ring is 1. The molecule has 1 saturated carbocycles. The molecule has 0 atom stereocenters. The Bertz CT molecular complexity index is 543. The molecule has 0 spiro atoms. The van der Waals surface area contributed by atoms with E-state index >= 15 is 0 Å². The molecule has 1 aliphatic heterocycles. The average molecular weight is 275 g/mol. The fourth-order valence-corrected chi connectivity index (χ4v) is 2.70. The molecule has 1 aromatic rings. The van der Waals surface area contributed by atoms with Gasteiger partial charge in [0.25, 0.3) is 5.91 Å². The zero-order chi connectivity index (χ0) is 14.1. The van der Waals surface area contributed by atoms with Crippen molar-refractivity contribution in [1.29, 1.82) is 0 Å². The van der Waals surface area contributed by atoms with Crippen molar-refractivity contribution in [2.45, 2.75) is 25.3 Å². The quantitative estimate of drug-likeness (QED) is 0.853. The number of hydrogen-bond donors (Lipinski definition) is 1. The van der Waals surface area contributed by atoms with Crippen LogP contribution in [0.25, 0.3) is 0 Å². The van der Waals surface area contributed by atoms with Gasteiger partial charge in [0.2, 0.25) is 0 Å². The van der Waals surface area contributed by atoms with E-state index in [2.05, 4.69) is 6.08 Å². The van der Waals surface area contributed by atoms with Crippen LogP contribution in [-0.2, 0) is 4.74 Å². The summed E-state index contributed by atoms with van der Waals surface area (Å²) < 4.78 is 7.18. The van der Waals surface area contributed by atoms with E-state index in [1.54, 1.807) is 13.2 Å². The molecule has 0 unspecified atom stereocenters. The first-order valence-corrected chi connectivity index (χ1v) is 7.12. The first kappa shape index (κ1) is 13.2. The summed E-state index contributed by atoms with van der Waals surface area (Å²) >= 11 is 0. The Balaban J connectivity index is 1.73. The number of nitrogens with two attached hydrogens (primary N) is 1. The summed E-state index contributed by atoms with van der Waals surface area (Å²) in [6, 6.07) is 2.27. The first-order chi connectivity index (χ1) is 9.69. The largest absolute Gasteiger partial charge is 0.397 e. The van der Waals surface area contributed by atoms with Gasteiger partial charge in [-0.1, -0.05) is 6.08 Å². The SMILES string of the molecule is COCC1=CCN(C(=O)c2cc(N)cn2C2CC2)CC1. The summed E-state index contributed by atoms with van der Waals surface area (Å²) in [4.78, 5) is 14.5. The minimum Gasteiger partial charge on any atom is -0.397 e. The van der Waals surface area contributed by atoms with E-state index in [-0.39, 0.29) is 5.91 Å². The van der Waals surface area contributed by atoms with Crippen LogP contribution in [0.1, 0.15) is 35.8 Å². The van der Waals surface area contributed by atoms with E-state index in [9.17, 15) is 4.79 Å². The molecule has 2 aliphatic rings. The summed E-state index contributed by atoms with van der Waals surface area (Å²) in [6.45, 7) is 2.07. The Morgan fingerprint density at radius 1 is 1.50 bits per heavy atom. The Labute approximate surface area is 119 Å². The third-order valence-corrected chi connectivity index (χ3v) is 3.95. The lowest BCUT2D eigenvalue weighted by Crippen LogP contribution is -2.36. The van der Waals surface area contributed by atoms with E-state index in [0.29, 0.717) is 24.9 Å². The van der Waals surface area contributed by atoms with Crippen LogP contribution in [-0.4, -0.2) is 42.2 Å². The summed E-state index contributed by atoms with van der Waals surface area (Å²) in [6.07, 6.45) is 7.16. The molecular weight excluding hydrogens is 254 g/mol. The number of anilines is 1. The maximum atomic E-state index is 12.6. The predicted molar refractivity (Wildman–Crippen MR) is 77.6 cm³/mol. The topological polar surface area (TPSA) is 60.5 Å². The minimum atomic E-state index is 0.0846. The highest BCUT2D eigenvalue weighted by Crippen LogP contribution is 2.37. The molecule has 1 amide bonds. The van der Waals surface area contributed by atoms with Crippen LogP contribution >= 0.6 is 0 Å². The third kappa shape index (κ3) is 2.58. The summed E-state index contributed by atoms with van der Waals surface area (Å²) in [5.41, 5.74) is 8.53. The molecule has 2 N–H and O–H groups in total. The normalized spacial score (nSPS) is 19.1. The highest BCUT2D eigenvalue weighted by Gasteiger charge is 2.29. The Kier molecular flexibility index (Phi) is 3.53. The van der Waals surface area contributed by atoms with Gasteiger partial charge in [-0.2, -0.15) is 0 Å². The van der Waals surface area contributed by atoms with Gasteiger partial charge in [-0.05, 0) is 30.9 Å². The summed E-state index contributed by atoms with van der Waals surface area (Å²) in [7, 11) is 1.70. The third-order valence-electron chi connectivity index (χ3n) is 3.95. The van der Waals surface area contributed by atoms with Crippen LogP contribution in [0.15, 0.2) is 23.9 Å². The van der Waals surface area contributed by atoms with Crippen molar-refractivity contribution in [3.63, 3.8) is 0 Å². The Hall–Kier alpha value is -1.75. The standard InChI is InChI=1S/C15H21N3O2/c1-20-10-11-4-6-17(7-5-11)15(19)14-8-12(16)9-18(14)13-2-3-13/h4,8-9,13H,2-3,5-7,10,16H2,1H3. The van der Waals surface area contributed by atoms with Gasteiger partial charge in [-0.15, -0.1) is 0 Å². The Morgan fingerprint density at radius 3 is 2.90 bits per heavy atom. The van der Waals surface area contributed by atoms with Gasteiger partial charge in [0.15, 0.2) is 0 Å². The van der Waals surface area contributed by atoms with E-state index in [4.69, 9.17) is 10.5 Å². The van der Waals surface area contributed by atoms with Crippen LogP contribution in [0, 0.1) is 0 Å². The molecule has 3 rings (SSSR count). The molecule has 0 bridgehead atoms. The van der Waals surface area contributed by atoms with Crippen LogP contribution in [0.3, 0.4) is 0 Å². The second-order valence-corrected chi connectivity index (χ2v) is 5.59. The molecule has 5 heteroatoms. The first-order valence-electron chi connectivity index (χ1n) is 7.12. The van der Waals surface area contributed by atoms with E-state index < -0.39 is 0 Å². The lowest BCUT2D eigenvalue weighted by atomic mass is 10.1. The van der Waals surface area contributed by atoms with Crippen LogP contribution in [0.4, 0.5) is 5.69 Å². The van der Waals surface area contributed by atoms with Gasteiger partial charge in [0.05, 0.1) is 12.3 Å². The number of amides is 1. The van der Waals surface area contributed by atoms with Crippen LogP contribution < -0.4 is 5.73 Å². The van der Waals surface area contributed by atoms with Crippen molar-refractivity contribution in [3.8, 4) is 0 Å². The fourth-order valence-electron chi connectivity index (χ4n) is 2.70. The van der Waals surface area contributed by atoms with E-state index in [0.717, 1.165) is 31.5 Å². The fraction of sp³-hybridized carbons (Fsp3) is 0.533. The van der Waals surface area contributed by atoms with Crippen molar-refractivity contribution >= 4 is 11.6 Å². The van der Waals surface area contributed by atoms with Crippen molar-refractivity contribution in [1.82, 2.24) is 9.47 Å². The maximum Gasteiger partial charge on any atom is 0.270 e. The molecule has 1 fully saturated rings. The number of aromatic nitrogens is 1. The van der Waals surface area contributed by atoms with Crippen molar-refractivity contribution in [3.05, 3.63) is 29.6 Å². The number of carbonyl (C=O) groups excluding carboxylic acids is 1. The average Bonchev–Trinajstić information content (AvgIpc) is 3.22. The molecular formula is C15H21N3O2. The van der Waals surface area contributed by atoms with Crippen molar-refractivity contribution in [2.24, 2.45) is 0 Å². The lowest BCUT2D eigenvalue weighted by molar-refractivity contribution is 0.0754. The molecule has 0 aromatic carbocycles. The van der Waals surface area contributed by atoms with E-state index in [1.807, 2.05) is 15.7 Å². The minimum absolute atomic E-state index is 0.0846. The number of methoxy groups -OCH3 is 1. The summed E-state index contributed by atoms with van der Waals surface area (Å²) in [5.74, 6) is 0.0846. The van der Waals surface area contributed by atoms with Crippen LogP contribution in [0.2, 0.25) is 0 Å². The highest BCUT2D eigenvalue weighted by molar-refractivity contribution is 5.94. The molecule has 5 nitrogen and oxygen atoms in total. The lowest BCUT2D eigenvalue weighted by Gasteiger charge is -2.26. The van der Waals surface area contributed by atoms with Crippen molar-refractivity contribution in [2.75, 3.05) is 32.5 Å². The highest BCUT2D eigenvalue weighted by atomic mass is 16.5. The van der Waals surface area contributed by atoms with Crippen molar-refractivity contribution < 1.29 is 9.53 Å². The second kappa shape index (κ2) is 5.32. The zero-order valence-electron chi connectivity index (χ0n) is 11.8. The number of hydrogen-bond acceptors (Lipinski definition) is 3. The molecule has 108 valence electrons. The number of ether oxygens (including phenoxy) is 1. The molecule has 1 aliphatic carbocycles. The van der Waals surface area contributed by atoms with Gasteiger partial charge < -0.3 is 19.9 Å². The van der Waals surface area contributed by atoms with E-state index in [1.165, 1.54) is 5.57 Å². The van der Waals surface area contributed by atoms with Gasteiger partial charge in [0, 0.05) is 32.4 Å². The van der Waals surface area contributed by atoms with Gasteiger partial charge >= 0.3 is 0 Å². The molecule has 0 saturated heterocycles. The maximum absolute atomic E-state index is 12.6. The smallest absolute Gasteiger partial charge is 0.270 e. The molecule has 20 heavy (non-hydrogen) atoms. The van der Waals surface area contributed by atoms with Gasteiger partial charge in [-0.25, -0.2) is 0 Å². The molecule has 1 aromatic heterocycles. The second-order valence-electron chi connectivity index (χ2n) is 5.59. The number of rotatable bonds is 4. The predicted octanol–water partition coefficient (Wildman–Crippen LogP) is 1.82. The number of nitrogens with zero attached hydrogens (tertiary/aromatic N) is 2. The van der Waals surface area contributed by atoms with Gasteiger partial charge in [0.1, 0.15) is 5.69 Å². The monoisotopic (exact) mass is 275 g/mol. The van der Waals surface area contributed by atoms with Crippen LogP contribution in [0.5, 0.6) is 0 Å². The zero-order valence-corrected chi connectivity index (χ0v) is 11.8. The molecule has 0 radical (unpaired) electrons. The summed E-state index contributed by atoms with van der Waals surface area (Å²) in [5, 5.41) is 0.